The zero-order chi connectivity index (χ0) is 19.3. The SMILES string of the molecule is Cc1c(C)[n+]([O-])c([C@@H](c2ccco2)C2C(=O)N(C)C(=O)N(C)C2=O)n1C. The molecule has 26 heavy (non-hydrogen) atoms. The summed E-state index contributed by atoms with van der Waals surface area (Å²) in [7, 11) is 4.32. The van der Waals surface area contributed by atoms with Crippen molar-refractivity contribution in [3.8, 4) is 0 Å². The van der Waals surface area contributed by atoms with Crippen LogP contribution in [0, 0.1) is 25.0 Å². The van der Waals surface area contributed by atoms with Gasteiger partial charge in [-0.25, -0.2) is 14.1 Å². The molecule has 0 radical (unpaired) electrons. The Morgan fingerprint density at radius 1 is 1.12 bits per heavy atom. The lowest BCUT2D eigenvalue weighted by molar-refractivity contribution is -0.621. The second kappa shape index (κ2) is 6.01. The molecular weight excluding hydrogens is 340 g/mol. The van der Waals surface area contributed by atoms with Gasteiger partial charge in [-0.3, -0.25) is 19.4 Å². The predicted molar refractivity (Wildman–Crippen MR) is 88.8 cm³/mol. The number of hydrogen-bond donors (Lipinski definition) is 0. The minimum Gasteiger partial charge on any atom is -0.711 e. The number of carbonyl (C=O) groups is 3. The van der Waals surface area contributed by atoms with Crippen molar-refractivity contribution in [3.05, 3.63) is 46.6 Å². The highest BCUT2D eigenvalue weighted by atomic mass is 16.5. The molecule has 3 heterocycles. The number of nitrogens with zero attached hydrogens (tertiary/aromatic N) is 4. The standard InChI is InChI=1S/C17H20N4O5/c1-9-10(2)21(25)14(18(9)3)12(11-7-6-8-26-11)13-15(22)19(4)17(24)20(5)16(13)23/h6-8,12-13H,1-5H3/t12-/m0/s1. The average molecular weight is 360 g/mol. The summed E-state index contributed by atoms with van der Waals surface area (Å²) in [6, 6.07) is 2.53. The van der Waals surface area contributed by atoms with E-state index >= 15 is 0 Å². The van der Waals surface area contributed by atoms with Crippen molar-refractivity contribution in [1.29, 1.82) is 0 Å². The monoisotopic (exact) mass is 360 g/mol. The van der Waals surface area contributed by atoms with Gasteiger partial charge in [-0.15, -0.1) is 0 Å². The second-order valence-corrected chi connectivity index (χ2v) is 6.43. The van der Waals surface area contributed by atoms with Gasteiger partial charge in [0.1, 0.15) is 29.0 Å². The van der Waals surface area contributed by atoms with Gasteiger partial charge in [0.15, 0.2) is 0 Å². The molecule has 138 valence electrons. The number of rotatable bonds is 3. The van der Waals surface area contributed by atoms with Crippen LogP contribution in [-0.4, -0.2) is 46.3 Å². The van der Waals surface area contributed by atoms with E-state index < -0.39 is 29.7 Å². The Bertz CT molecular complexity index is 849. The lowest BCUT2D eigenvalue weighted by Gasteiger charge is -2.35. The molecule has 0 N–H and O–H groups in total. The quantitative estimate of drug-likeness (QED) is 0.455. The summed E-state index contributed by atoms with van der Waals surface area (Å²) in [5.41, 5.74) is 1.17. The third kappa shape index (κ3) is 2.31. The van der Waals surface area contributed by atoms with Crippen molar-refractivity contribution in [2.24, 2.45) is 13.0 Å². The molecule has 9 heteroatoms. The maximum Gasteiger partial charge on any atom is 0.332 e. The highest BCUT2D eigenvalue weighted by Crippen LogP contribution is 2.36. The topological polar surface area (TPSA) is 103 Å². The van der Waals surface area contributed by atoms with Crippen molar-refractivity contribution in [2.75, 3.05) is 14.1 Å². The minimum absolute atomic E-state index is 0.206. The molecule has 3 rings (SSSR count). The van der Waals surface area contributed by atoms with Crippen LogP contribution in [0.3, 0.4) is 0 Å². The molecule has 9 nitrogen and oxygen atoms in total. The number of hydrogen-bond acceptors (Lipinski definition) is 5. The smallest absolute Gasteiger partial charge is 0.332 e. The average Bonchev–Trinajstić information content (AvgIpc) is 3.21. The van der Waals surface area contributed by atoms with Crippen molar-refractivity contribution >= 4 is 17.8 Å². The number of amides is 4. The molecule has 0 aliphatic carbocycles. The minimum atomic E-state index is -1.28. The van der Waals surface area contributed by atoms with E-state index in [1.165, 1.54) is 20.4 Å². The van der Waals surface area contributed by atoms with E-state index in [1.54, 1.807) is 37.6 Å². The summed E-state index contributed by atoms with van der Waals surface area (Å²) in [4.78, 5) is 39.4. The third-order valence-corrected chi connectivity index (χ3v) is 5.11. The maximum atomic E-state index is 12.8. The summed E-state index contributed by atoms with van der Waals surface area (Å²) in [6.45, 7) is 3.44. The van der Waals surface area contributed by atoms with Crippen LogP contribution < -0.4 is 4.73 Å². The molecule has 0 aromatic carbocycles. The normalized spacial score (nSPS) is 17.3. The first-order valence-corrected chi connectivity index (χ1v) is 8.06. The lowest BCUT2D eigenvalue weighted by atomic mass is 9.85. The van der Waals surface area contributed by atoms with Crippen molar-refractivity contribution in [3.63, 3.8) is 0 Å². The first-order valence-electron chi connectivity index (χ1n) is 8.06. The first-order chi connectivity index (χ1) is 12.2. The zero-order valence-electron chi connectivity index (χ0n) is 15.2. The Balaban J connectivity index is 2.24. The molecule has 0 bridgehead atoms. The summed E-state index contributed by atoms with van der Waals surface area (Å²) in [5.74, 6) is -3.07. The first kappa shape index (κ1) is 17.7. The van der Waals surface area contributed by atoms with Gasteiger partial charge in [0.25, 0.3) is 5.82 Å². The molecule has 1 aliphatic heterocycles. The molecule has 0 spiro atoms. The Morgan fingerprint density at radius 3 is 2.12 bits per heavy atom. The highest BCUT2D eigenvalue weighted by molar-refractivity contribution is 6.16. The van der Waals surface area contributed by atoms with Crippen LogP contribution in [0.4, 0.5) is 4.79 Å². The van der Waals surface area contributed by atoms with E-state index in [0.717, 1.165) is 9.80 Å². The van der Waals surface area contributed by atoms with Gasteiger partial charge in [-0.05, 0) is 12.1 Å². The van der Waals surface area contributed by atoms with Crippen molar-refractivity contribution in [2.45, 2.75) is 19.8 Å². The third-order valence-electron chi connectivity index (χ3n) is 5.11. The van der Waals surface area contributed by atoms with Crippen LogP contribution in [0.5, 0.6) is 0 Å². The maximum absolute atomic E-state index is 12.8. The van der Waals surface area contributed by atoms with Gasteiger partial charge in [0.2, 0.25) is 11.8 Å². The fourth-order valence-corrected chi connectivity index (χ4v) is 3.33. The van der Waals surface area contributed by atoms with Gasteiger partial charge in [-0.2, -0.15) is 0 Å². The van der Waals surface area contributed by atoms with Crippen LogP contribution in [0.2, 0.25) is 0 Å². The Morgan fingerprint density at radius 2 is 1.69 bits per heavy atom. The highest BCUT2D eigenvalue weighted by Gasteiger charge is 2.52. The van der Waals surface area contributed by atoms with Crippen LogP contribution >= 0.6 is 0 Å². The summed E-state index contributed by atoms with van der Waals surface area (Å²) < 4.78 is 7.82. The van der Waals surface area contributed by atoms with E-state index in [9.17, 15) is 19.6 Å². The number of furan rings is 1. The van der Waals surface area contributed by atoms with Crippen LogP contribution in [0.25, 0.3) is 0 Å². The van der Waals surface area contributed by atoms with E-state index in [4.69, 9.17) is 4.42 Å². The number of imidazole rings is 1. The van der Waals surface area contributed by atoms with Crippen LogP contribution in [-0.2, 0) is 16.6 Å². The summed E-state index contributed by atoms with van der Waals surface area (Å²) in [6.07, 6.45) is 1.41. The van der Waals surface area contributed by atoms with Gasteiger partial charge in [-0.1, -0.05) is 0 Å². The molecule has 0 unspecified atom stereocenters. The second-order valence-electron chi connectivity index (χ2n) is 6.43. The molecule has 2 aromatic heterocycles. The molecule has 1 saturated heterocycles. The number of aromatic nitrogens is 2. The Hall–Kier alpha value is -3.10. The molecule has 1 atom stereocenters. The largest absolute Gasteiger partial charge is 0.711 e. The summed E-state index contributed by atoms with van der Waals surface area (Å²) >= 11 is 0. The van der Waals surface area contributed by atoms with Crippen LogP contribution in [0.1, 0.15) is 28.9 Å². The zero-order valence-corrected chi connectivity index (χ0v) is 15.2. The molecule has 2 aromatic rings. The van der Waals surface area contributed by atoms with Crippen LogP contribution in [0.15, 0.2) is 22.8 Å². The fourth-order valence-electron chi connectivity index (χ4n) is 3.33. The predicted octanol–water partition coefficient (Wildman–Crippen LogP) is 0.667. The fraction of sp³-hybridized carbons (Fsp3) is 0.412. The van der Waals surface area contributed by atoms with E-state index in [-0.39, 0.29) is 5.82 Å². The number of carbonyl (C=O) groups excluding carboxylic acids is 3. The number of urea groups is 1. The van der Waals surface area contributed by atoms with Gasteiger partial charge in [0.05, 0.1) is 13.3 Å². The number of imide groups is 2. The van der Waals surface area contributed by atoms with E-state index in [0.29, 0.717) is 21.9 Å². The lowest BCUT2D eigenvalue weighted by Crippen LogP contribution is -2.59. The van der Waals surface area contributed by atoms with Gasteiger partial charge < -0.3 is 9.62 Å². The Labute approximate surface area is 150 Å². The van der Waals surface area contributed by atoms with Crippen molar-refractivity contribution in [1.82, 2.24) is 14.4 Å². The van der Waals surface area contributed by atoms with E-state index in [1.807, 2.05) is 0 Å². The summed E-state index contributed by atoms with van der Waals surface area (Å²) in [5, 5.41) is 12.8. The molecule has 1 aliphatic rings. The van der Waals surface area contributed by atoms with Gasteiger partial charge in [0, 0.05) is 27.9 Å². The number of barbiturate groups is 1. The van der Waals surface area contributed by atoms with E-state index in [2.05, 4.69) is 0 Å². The van der Waals surface area contributed by atoms with Gasteiger partial charge >= 0.3 is 6.03 Å². The Kier molecular flexibility index (Phi) is 4.09. The van der Waals surface area contributed by atoms with Crippen molar-refractivity contribution < 1.29 is 23.5 Å². The molecule has 1 fully saturated rings. The molecule has 0 saturated carbocycles. The molecule has 4 amide bonds. The molecular formula is C17H20N4O5.